The number of nitrogens with zero attached hydrogens (tertiary/aromatic N) is 3. The smallest absolute Gasteiger partial charge is 0.272 e. The number of alkyl halides is 3. The Morgan fingerprint density at radius 2 is 1.79 bits per heavy atom. The van der Waals surface area contributed by atoms with Crippen molar-refractivity contribution in [2.75, 3.05) is 0 Å². The number of aromatic nitrogens is 3. The molecule has 24 heavy (non-hydrogen) atoms. The van der Waals surface area contributed by atoms with Crippen molar-refractivity contribution < 1.29 is 13.2 Å². The second-order valence-corrected chi connectivity index (χ2v) is 5.19. The lowest BCUT2D eigenvalue weighted by Crippen LogP contribution is -2.07. The Morgan fingerprint density at radius 3 is 2.38 bits per heavy atom. The van der Waals surface area contributed by atoms with Crippen molar-refractivity contribution >= 4 is 0 Å². The fourth-order valence-corrected chi connectivity index (χ4v) is 2.44. The van der Waals surface area contributed by atoms with E-state index < -0.39 is 17.4 Å². The molecule has 0 aliphatic carbocycles. The van der Waals surface area contributed by atoms with E-state index in [2.05, 4.69) is 10.1 Å². The molecule has 0 unspecified atom stereocenters. The van der Waals surface area contributed by atoms with Crippen LogP contribution in [-0.4, -0.2) is 15.2 Å². The molecule has 0 aliphatic rings. The van der Waals surface area contributed by atoms with Crippen LogP contribution in [0.25, 0.3) is 22.5 Å². The first-order valence-corrected chi connectivity index (χ1v) is 7.00. The SMILES string of the molecule is Cc1cc(-c2ccccc2)cnc1-c1n[nH]c(C(F)(F)F)c1C#N. The van der Waals surface area contributed by atoms with Crippen molar-refractivity contribution in [1.29, 1.82) is 5.26 Å². The van der Waals surface area contributed by atoms with E-state index in [9.17, 15) is 13.2 Å². The molecule has 3 rings (SSSR count). The second kappa shape index (κ2) is 5.81. The van der Waals surface area contributed by atoms with Crippen LogP contribution in [0.15, 0.2) is 42.6 Å². The first kappa shape index (κ1) is 15.7. The first-order valence-electron chi connectivity index (χ1n) is 7.00. The number of hydrogen-bond donors (Lipinski definition) is 1. The van der Waals surface area contributed by atoms with Crippen LogP contribution in [0.3, 0.4) is 0 Å². The lowest BCUT2D eigenvalue weighted by molar-refractivity contribution is -0.141. The molecule has 0 spiro atoms. The third-order valence-electron chi connectivity index (χ3n) is 3.57. The van der Waals surface area contributed by atoms with Gasteiger partial charge < -0.3 is 0 Å². The van der Waals surface area contributed by atoms with E-state index >= 15 is 0 Å². The third-order valence-corrected chi connectivity index (χ3v) is 3.57. The summed E-state index contributed by atoms with van der Waals surface area (Å²) in [7, 11) is 0. The van der Waals surface area contributed by atoms with E-state index in [1.807, 2.05) is 35.4 Å². The van der Waals surface area contributed by atoms with Gasteiger partial charge in [-0.3, -0.25) is 10.1 Å². The number of H-pyrrole nitrogens is 1. The number of nitrogens with one attached hydrogen (secondary N) is 1. The molecule has 0 aliphatic heterocycles. The maximum Gasteiger partial charge on any atom is 0.434 e. The zero-order valence-corrected chi connectivity index (χ0v) is 12.5. The summed E-state index contributed by atoms with van der Waals surface area (Å²) in [6.45, 7) is 1.72. The van der Waals surface area contributed by atoms with Crippen LogP contribution < -0.4 is 0 Å². The third kappa shape index (κ3) is 2.74. The highest BCUT2D eigenvalue weighted by molar-refractivity contribution is 5.71. The van der Waals surface area contributed by atoms with Gasteiger partial charge in [0.05, 0.1) is 5.69 Å². The summed E-state index contributed by atoms with van der Waals surface area (Å²) in [5, 5.41) is 14.7. The van der Waals surface area contributed by atoms with Crippen LogP contribution in [0, 0.1) is 18.3 Å². The van der Waals surface area contributed by atoms with E-state index in [1.54, 1.807) is 25.3 Å². The average Bonchev–Trinajstić information content (AvgIpc) is 2.99. The number of aromatic amines is 1. The monoisotopic (exact) mass is 328 g/mol. The molecule has 3 aromatic rings. The van der Waals surface area contributed by atoms with E-state index in [1.165, 1.54) is 0 Å². The Bertz CT molecular complexity index is 921. The van der Waals surface area contributed by atoms with Gasteiger partial charge in [0, 0.05) is 11.8 Å². The quantitative estimate of drug-likeness (QED) is 0.761. The van der Waals surface area contributed by atoms with Crippen molar-refractivity contribution in [2.45, 2.75) is 13.1 Å². The van der Waals surface area contributed by atoms with Gasteiger partial charge in [0.15, 0.2) is 5.69 Å². The molecule has 2 aromatic heterocycles. The summed E-state index contributed by atoms with van der Waals surface area (Å²) in [6.07, 6.45) is -3.12. The Kier molecular flexibility index (Phi) is 3.81. The second-order valence-electron chi connectivity index (χ2n) is 5.19. The number of pyridine rings is 1. The number of aryl methyl sites for hydroxylation is 1. The van der Waals surface area contributed by atoms with Crippen LogP contribution in [0.2, 0.25) is 0 Å². The summed E-state index contributed by atoms with van der Waals surface area (Å²) in [4.78, 5) is 4.23. The van der Waals surface area contributed by atoms with Crippen LogP contribution in [-0.2, 0) is 6.18 Å². The molecular formula is C17H11F3N4. The predicted molar refractivity (Wildman–Crippen MR) is 81.7 cm³/mol. The molecule has 2 heterocycles. The fourth-order valence-electron chi connectivity index (χ4n) is 2.44. The Labute approximate surface area is 135 Å². The molecular weight excluding hydrogens is 317 g/mol. The minimum absolute atomic E-state index is 0.0954. The number of rotatable bonds is 2. The fraction of sp³-hybridized carbons (Fsp3) is 0.118. The maximum atomic E-state index is 12.9. The molecule has 0 saturated carbocycles. The minimum atomic E-state index is -4.67. The van der Waals surface area contributed by atoms with Crippen molar-refractivity contribution in [3.05, 3.63) is 59.4 Å². The van der Waals surface area contributed by atoms with E-state index in [0.717, 1.165) is 11.1 Å². The van der Waals surface area contributed by atoms with E-state index in [4.69, 9.17) is 5.26 Å². The van der Waals surface area contributed by atoms with Crippen molar-refractivity contribution in [1.82, 2.24) is 15.2 Å². The van der Waals surface area contributed by atoms with Crippen molar-refractivity contribution in [3.8, 4) is 28.6 Å². The molecule has 0 bridgehead atoms. The van der Waals surface area contributed by atoms with Crippen molar-refractivity contribution in [3.63, 3.8) is 0 Å². The summed E-state index contributed by atoms with van der Waals surface area (Å²) >= 11 is 0. The number of halogens is 3. The zero-order chi connectivity index (χ0) is 17.3. The molecule has 0 atom stereocenters. The lowest BCUT2D eigenvalue weighted by atomic mass is 10.0. The Morgan fingerprint density at radius 1 is 1.08 bits per heavy atom. The number of nitriles is 1. The summed E-state index contributed by atoms with van der Waals surface area (Å²) in [6, 6.07) is 12.9. The van der Waals surface area contributed by atoms with Gasteiger partial charge in [0.1, 0.15) is 17.3 Å². The standard InChI is InChI=1S/C17H11F3N4/c1-10-7-12(11-5-3-2-4-6-11)9-22-14(10)15-13(8-21)16(24-23-15)17(18,19)20/h2-7,9H,1H3,(H,23,24). The predicted octanol–water partition coefficient (Wildman–Crippen LogP) is 4.34. The average molecular weight is 328 g/mol. The molecule has 4 nitrogen and oxygen atoms in total. The first-order chi connectivity index (χ1) is 11.4. The zero-order valence-electron chi connectivity index (χ0n) is 12.5. The largest absolute Gasteiger partial charge is 0.434 e. The van der Waals surface area contributed by atoms with Crippen LogP contribution in [0.5, 0.6) is 0 Å². The summed E-state index contributed by atoms with van der Waals surface area (Å²) in [5.74, 6) is 0. The van der Waals surface area contributed by atoms with Gasteiger partial charge in [-0.15, -0.1) is 0 Å². The van der Waals surface area contributed by atoms with Gasteiger partial charge in [-0.05, 0) is 24.1 Å². The van der Waals surface area contributed by atoms with E-state index in [0.29, 0.717) is 5.56 Å². The number of benzene rings is 1. The van der Waals surface area contributed by atoms with Gasteiger partial charge in [-0.2, -0.15) is 23.5 Å². The molecule has 1 N–H and O–H groups in total. The summed E-state index contributed by atoms with van der Waals surface area (Å²) in [5.41, 5.74) is 0.854. The highest BCUT2D eigenvalue weighted by Crippen LogP contribution is 2.35. The van der Waals surface area contributed by atoms with Gasteiger partial charge >= 0.3 is 6.18 Å². The Hall–Kier alpha value is -3.14. The maximum absolute atomic E-state index is 12.9. The summed E-state index contributed by atoms with van der Waals surface area (Å²) < 4.78 is 38.7. The molecule has 0 amide bonds. The van der Waals surface area contributed by atoms with Gasteiger partial charge in [-0.1, -0.05) is 30.3 Å². The molecule has 120 valence electrons. The van der Waals surface area contributed by atoms with Gasteiger partial charge in [-0.25, -0.2) is 0 Å². The van der Waals surface area contributed by atoms with Gasteiger partial charge in [0.2, 0.25) is 0 Å². The lowest BCUT2D eigenvalue weighted by Gasteiger charge is -2.07. The van der Waals surface area contributed by atoms with Gasteiger partial charge in [0.25, 0.3) is 0 Å². The molecule has 1 aromatic carbocycles. The Balaban J connectivity index is 2.09. The van der Waals surface area contributed by atoms with Crippen LogP contribution in [0.4, 0.5) is 13.2 Å². The molecule has 7 heteroatoms. The van der Waals surface area contributed by atoms with Crippen molar-refractivity contribution in [2.24, 2.45) is 0 Å². The molecule has 0 radical (unpaired) electrons. The highest BCUT2D eigenvalue weighted by atomic mass is 19.4. The number of hydrogen-bond acceptors (Lipinski definition) is 3. The van der Waals surface area contributed by atoms with E-state index in [-0.39, 0.29) is 11.4 Å². The minimum Gasteiger partial charge on any atom is -0.272 e. The topological polar surface area (TPSA) is 65.4 Å². The van der Waals surface area contributed by atoms with Crippen LogP contribution in [0.1, 0.15) is 16.8 Å². The normalized spacial score (nSPS) is 11.3. The highest BCUT2D eigenvalue weighted by Gasteiger charge is 2.38. The molecule has 0 saturated heterocycles. The van der Waals surface area contributed by atoms with Crippen LogP contribution >= 0.6 is 0 Å². The molecule has 0 fully saturated rings.